The summed E-state index contributed by atoms with van der Waals surface area (Å²) in [4.78, 5) is 11.0. The molecule has 1 atom stereocenters. The lowest BCUT2D eigenvalue weighted by atomic mass is 9.99. The standard InChI is InChI=1S/C11H16N2O2/c1-15-10-4-2-8(3-5-10)6-9(7-12)11(13)14/h2-5,9H,6-7,12H2,1H3,(H2,13,14). The van der Waals surface area contributed by atoms with Gasteiger partial charge < -0.3 is 16.2 Å². The minimum atomic E-state index is -0.353. The Bertz CT molecular complexity index is 322. The van der Waals surface area contributed by atoms with E-state index in [4.69, 9.17) is 16.2 Å². The summed E-state index contributed by atoms with van der Waals surface area (Å²) < 4.78 is 5.03. The molecule has 82 valence electrons. The highest BCUT2D eigenvalue weighted by atomic mass is 16.5. The first-order valence-corrected chi connectivity index (χ1v) is 4.79. The molecule has 4 heteroatoms. The fourth-order valence-corrected chi connectivity index (χ4v) is 1.35. The van der Waals surface area contributed by atoms with Gasteiger partial charge in [0.2, 0.25) is 5.91 Å². The summed E-state index contributed by atoms with van der Waals surface area (Å²) in [6, 6.07) is 7.52. The molecule has 0 heterocycles. The fourth-order valence-electron chi connectivity index (χ4n) is 1.35. The number of benzene rings is 1. The number of ether oxygens (including phenoxy) is 1. The maximum absolute atomic E-state index is 11.0. The highest BCUT2D eigenvalue weighted by Crippen LogP contribution is 2.14. The molecule has 0 saturated heterocycles. The van der Waals surface area contributed by atoms with Crippen molar-refractivity contribution < 1.29 is 9.53 Å². The van der Waals surface area contributed by atoms with Crippen LogP contribution in [0.4, 0.5) is 0 Å². The van der Waals surface area contributed by atoms with Crippen molar-refractivity contribution in [1.29, 1.82) is 0 Å². The molecule has 0 aliphatic rings. The van der Waals surface area contributed by atoms with Gasteiger partial charge in [-0.2, -0.15) is 0 Å². The van der Waals surface area contributed by atoms with Crippen molar-refractivity contribution >= 4 is 5.91 Å². The highest BCUT2D eigenvalue weighted by Gasteiger charge is 2.13. The molecule has 4 N–H and O–H groups in total. The lowest BCUT2D eigenvalue weighted by molar-refractivity contribution is -0.121. The predicted molar refractivity (Wildman–Crippen MR) is 58.4 cm³/mol. The monoisotopic (exact) mass is 208 g/mol. The average Bonchev–Trinajstić information content (AvgIpc) is 2.26. The summed E-state index contributed by atoms with van der Waals surface area (Å²) in [5, 5.41) is 0. The zero-order valence-electron chi connectivity index (χ0n) is 8.77. The molecule has 0 bridgehead atoms. The van der Waals surface area contributed by atoms with Gasteiger partial charge in [0.15, 0.2) is 0 Å². The average molecular weight is 208 g/mol. The van der Waals surface area contributed by atoms with Crippen LogP contribution in [-0.4, -0.2) is 19.6 Å². The highest BCUT2D eigenvalue weighted by molar-refractivity contribution is 5.77. The van der Waals surface area contributed by atoms with Gasteiger partial charge in [0, 0.05) is 6.54 Å². The Balaban J connectivity index is 2.67. The van der Waals surface area contributed by atoms with Crippen LogP contribution in [0.2, 0.25) is 0 Å². The fraction of sp³-hybridized carbons (Fsp3) is 0.364. The third-order valence-electron chi connectivity index (χ3n) is 2.33. The second kappa shape index (κ2) is 5.36. The van der Waals surface area contributed by atoms with E-state index >= 15 is 0 Å². The predicted octanol–water partition coefficient (Wildman–Crippen LogP) is 0.298. The minimum Gasteiger partial charge on any atom is -0.497 e. The van der Waals surface area contributed by atoms with Crippen molar-refractivity contribution in [3.63, 3.8) is 0 Å². The Kier molecular flexibility index (Phi) is 4.12. The van der Waals surface area contributed by atoms with Gasteiger partial charge in [0.25, 0.3) is 0 Å². The van der Waals surface area contributed by atoms with E-state index in [0.29, 0.717) is 6.42 Å². The van der Waals surface area contributed by atoms with Gasteiger partial charge in [0.1, 0.15) is 5.75 Å². The van der Waals surface area contributed by atoms with Crippen LogP contribution in [0.3, 0.4) is 0 Å². The number of hydrogen-bond donors (Lipinski definition) is 2. The normalized spacial score (nSPS) is 12.1. The Labute approximate surface area is 89.2 Å². The SMILES string of the molecule is COc1ccc(CC(CN)C(N)=O)cc1. The first kappa shape index (κ1) is 11.5. The van der Waals surface area contributed by atoms with E-state index < -0.39 is 0 Å². The first-order chi connectivity index (χ1) is 7.17. The third kappa shape index (κ3) is 3.25. The molecule has 0 spiro atoms. The Morgan fingerprint density at radius 2 is 2.00 bits per heavy atom. The van der Waals surface area contributed by atoms with Crippen molar-refractivity contribution in [2.45, 2.75) is 6.42 Å². The zero-order chi connectivity index (χ0) is 11.3. The lowest BCUT2D eigenvalue weighted by Gasteiger charge is -2.10. The van der Waals surface area contributed by atoms with Crippen molar-refractivity contribution in [3.8, 4) is 5.75 Å². The molecule has 1 amide bonds. The van der Waals surface area contributed by atoms with Crippen LogP contribution < -0.4 is 16.2 Å². The van der Waals surface area contributed by atoms with Gasteiger partial charge >= 0.3 is 0 Å². The molecule has 0 aliphatic carbocycles. The van der Waals surface area contributed by atoms with Crippen LogP contribution in [0.5, 0.6) is 5.75 Å². The maximum Gasteiger partial charge on any atom is 0.222 e. The Morgan fingerprint density at radius 1 is 1.40 bits per heavy atom. The molecule has 1 unspecified atom stereocenters. The van der Waals surface area contributed by atoms with Gasteiger partial charge in [-0.3, -0.25) is 4.79 Å². The zero-order valence-corrected chi connectivity index (χ0v) is 8.77. The second-order valence-corrected chi connectivity index (χ2v) is 3.39. The molecule has 4 nitrogen and oxygen atoms in total. The van der Waals surface area contributed by atoms with Crippen LogP contribution in [0.25, 0.3) is 0 Å². The molecular weight excluding hydrogens is 192 g/mol. The summed E-state index contributed by atoms with van der Waals surface area (Å²) in [6.45, 7) is 0.279. The number of amides is 1. The quantitative estimate of drug-likeness (QED) is 0.730. The van der Waals surface area contributed by atoms with E-state index in [1.807, 2.05) is 24.3 Å². The molecule has 0 saturated carbocycles. The van der Waals surface area contributed by atoms with Gasteiger partial charge in [-0.1, -0.05) is 12.1 Å². The number of rotatable bonds is 5. The first-order valence-electron chi connectivity index (χ1n) is 4.79. The van der Waals surface area contributed by atoms with Crippen LogP contribution in [0.1, 0.15) is 5.56 Å². The van der Waals surface area contributed by atoms with Crippen LogP contribution in [-0.2, 0) is 11.2 Å². The molecule has 1 aromatic carbocycles. The largest absolute Gasteiger partial charge is 0.497 e. The topological polar surface area (TPSA) is 78.3 Å². The van der Waals surface area contributed by atoms with E-state index in [1.54, 1.807) is 7.11 Å². The molecular formula is C11H16N2O2. The Morgan fingerprint density at radius 3 is 2.40 bits per heavy atom. The van der Waals surface area contributed by atoms with E-state index in [-0.39, 0.29) is 18.4 Å². The van der Waals surface area contributed by atoms with Crippen LogP contribution in [0, 0.1) is 5.92 Å². The lowest BCUT2D eigenvalue weighted by Crippen LogP contribution is -2.31. The number of carbonyl (C=O) groups excluding carboxylic acids is 1. The number of primary amides is 1. The summed E-state index contributed by atoms with van der Waals surface area (Å²) in [5.74, 6) is 0.147. The smallest absolute Gasteiger partial charge is 0.222 e. The van der Waals surface area contributed by atoms with Crippen molar-refractivity contribution in [2.24, 2.45) is 17.4 Å². The number of carbonyl (C=O) groups is 1. The Hall–Kier alpha value is -1.55. The van der Waals surface area contributed by atoms with Gasteiger partial charge in [-0.05, 0) is 24.1 Å². The number of hydrogen-bond acceptors (Lipinski definition) is 3. The van der Waals surface area contributed by atoms with Crippen molar-refractivity contribution in [1.82, 2.24) is 0 Å². The molecule has 0 aliphatic heterocycles. The summed E-state index contributed by atoms with van der Waals surface area (Å²) in [6.07, 6.45) is 0.579. The van der Waals surface area contributed by atoms with E-state index in [1.165, 1.54) is 0 Å². The molecule has 1 aromatic rings. The third-order valence-corrected chi connectivity index (χ3v) is 2.33. The van der Waals surface area contributed by atoms with E-state index in [9.17, 15) is 4.79 Å². The molecule has 0 fully saturated rings. The second-order valence-electron chi connectivity index (χ2n) is 3.39. The van der Waals surface area contributed by atoms with Crippen LogP contribution >= 0.6 is 0 Å². The molecule has 0 aromatic heterocycles. The summed E-state index contributed by atoms with van der Waals surface area (Å²) >= 11 is 0. The number of methoxy groups -OCH3 is 1. The molecule has 0 radical (unpaired) electrons. The van der Waals surface area contributed by atoms with Gasteiger partial charge in [-0.25, -0.2) is 0 Å². The maximum atomic E-state index is 11.0. The van der Waals surface area contributed by atoms with Crippen LogP contribution in [0.15, 0.2) is 24.3 Å². The summed E-state index contributed by atoms with van der Waals surface area (Å²) in [5.41, 5.74) is 11.7. The van der Waals surface area contributed by atoms with E-state index in [2.05, 4.69) is 0 Å². The summed E-state index contributed by atoms with van der Waals surface area (Å²) in [7, 11) is 1.61. The number of nitrogens with two attached hydrogens (primary N) is 2. The van der Waals surface area contributed by atoms with E-state index in [0.717, 1.165) is 11.3 Å². The van der Waals surface area contributed by atoms with Crippen molar-refractivity contribution in [3.05, 3.63) is 29.8 Å². The van der Waals surface area contributed by atoms with Gasteiger partial charge in [-0.15, -0.1) is 0 Å². The van der Waals surface area contributed by atoms with Gasteiger partial charge in [0.05, 0.1) is 13.0 Å². The van der Waals surface area contributed by atoms with Crippen molar-refractivity contribution in [2.75, 3.05) is 13.7 Å². The molecule has 15 heavy (non-hydrogen) atoms. The minimum absolute atomic E-state index is 0.279. The molecule has 1 rings (SSSR count).